The van der Waals surface area contributed by atoms with Crippen LogP contribution in [0.3, 0.4) is 0 Å². The molecule has 1 aliphatic heterocycles. The monoisotopic (exact) mass is 307 g/mol. The minimum Gasteiger partial charge on any atom is -0.330 e. The minimum absolute atomic E-state index is 0.545. The molecular formula is C13H14ClN5S. The lowest BCUT2D eigenvalue weighted by molar-refractivity contribution is 0.755. The van der Waals surface area contributed by atoms with Crippen LogP contribution in [0.15, 0.2) is 28.8 Å². The number of hydrogen-bond acceptors (Lipinski definition) is 5. The number of thioether (sulfide) groups is 1. The van der Waals surface area contributed by atoms with Crippen LogP contribution in [0, 0.1) is 6.92 Å². The standard InChI is InChI=1S/C13H14ClN5S/c1-8-6-9(2-3-10(8)14)11-7-20-13-17-16-12(4-5-15)19(13)18-11/h2-3,6-7,18H,4-5,15H2,1H3. The summed E-state index contributed by atoms with van der Waals surface area (Å²) in [5.74, 6) is 0.839. The number of benzene rings is 1. The summed E-state index contributed by atoms with van der Waals surface area (Å²) in [5.41, 5.74) is 12.0. The van der Waals surface area contributed by atoms with E-state index in [2.05, 4.69) is 21.7 Å². The Balaban J connectivity index is 1.91. The molecule has 0 atom stereocenters. The number of rotatable bonds is 3. The van der Waals surface area contributed by atoms with Gasteiger partial charge in [-0.2, -0.15) is 0 Å². The minimum atomic E-state index is 0.545. The number of hydrogen-bond donors (Lipinski definition) is 2. The highest BCUT2D eigenvalue weighted by Gasteiger charge is 2.18. The van der Waals surface area contributed by atoms with Crippen molar-refractivity contribution in [2.45, 2.75) is 18.5 Å². The summed E-state index contributed by atoms with van der Waals surface area (Å²) in [5, 5.41) is 11.9. The van der Waals surface area contributed by atoms with E-state index in [1.165, 1.54) is 11.8 Å². The van der Waals surface area contributed by atoms with Gasteiger partial charge >= 0.3 is 0 Å². The van der Waals surface area contributed by atoms with E-state index in [9.17, 15) is 0 Å². The van der Waals surface area contributed by atoms with Gasteiger partial charge < -0.3 is 5.73 Å². The van der Waals surface area contributed by atoms with Crippen molar-refractivity contribution in [3.8, 4) is 0 Å². The first-order valence-corrected chi connectivity index (χ1v) is 7.49. The van der Waals surface area contributed by atoms with Crippen LogP contribution < -0.4 is 11.2 Å². The predicted molar refractivity (Wildman–Crippen MR) is 82.2 cm³/mol. The molecule has 3 rings (SSSR count). The molecule has 0 saturated carbocycles. The van der Waals surface area contributed by atoms with Crippen molar-refractivity contribution in [3.05, 3.63) is 45.6 Å². The number of aryl methyl sites for hydroxylation is 1. The molecule has 0 spiro atoms. The highest BCUT2D eigenvalue weighted by atomic mass is 35.5. The number of halogens is 1. The smallest absolute Gasteiger partial charge is 0.214 e. The molecule has 2 aromatic rings. The van der Waals surface area contributed by atoms with Gasteiger partial charge in [-0.1, -0.05) is 29.4 Å². The van der Waals surface area contributed by atoms with Crippen molar-refractivity contribution >= 4 is 29.1 Å². The van der Waals surface area contributed by atoms with Crippen LogP contribution in [-0.2, 0) is 6.42 Å². The molecular weight excluding hydrogens is 294 g/mol. The SMILES string of the molecule is Cc1cc(C2=CSc3nnc(CCN)n3N2)ccc1Cl. The topological polar surface area (TPSA) is 68.8 Å². The van der Waals surface area contributed by atoms with E-state index in [0.29, 0.717) is 13.0 Å². The van der Waals surface area contributed by atoms with Crippen molar-refractivity contribution < 1.29 is 0 Å². The number of aromatic nitrogens is 3. The van der Waals surface area contributed by atoms with E-state index in [0.717, 1.165) is 32.8 Å². The fourth-order valence-electron chi connectivity index (χ4n) is 1.98. The zero-order chi connectivity index (χ0) is 14.1. The van der Waals surface area contributed by atoms with Gasteiger partial charge in [0.1, 0.15) is 0 Å². The summed E-state index contributed by atoms with van der Waals surface area (Å²) in [6, 6.07) is 5.95. The molecule has 0 fully saturated rings. The van der Waals surface area contributed by atoms with Crippen LogP contribution in [0.25, 0.3) is 5.70 Å². The van der Waals surface area contributed by atoms with E-state index >= 15 is 0 Å². The largest absolute Gasteiger partial charge is 0.330 e. The molecule has 20 heavy (non-hydrogen) atoms. The Labute approximate surface area is 126 Å². The lowest BCUT2D eigenvalue weighted by Gasteiger charge is -2.19. The molecule has 0 bridgehead atoms. The fraction of sp³-hybridized carbons (Fsp3) is 0.231. The van der Waals surface area contributed by atoms with Crippen molar-refractivity contribution in [3.63, 3.8) is 0 Å². The van der Waals surface area contributed by atoms with Crippen molar-refractivity contribution in [2.24, 2.45) is 5.73 Å². The fourth-order valence-corrected chi connectivity index (χ4v) is 2.86. The van der Waals surface area contributed by atoms with Crippen LogP contribution in [0.4, 0.5) is 0 Å². The average Bonchev–Trinajstić information content (AvgIpc) is 2.85. The van der Waals surface area contributed by atoms with Gasteiger partial charge in [-0.05, 0) is 31.2 Å². The van der Waals surface area contributed by atoms with Crippen LogP contribution in [0.5, 0.6) is 0 Å². The molecule has 0 aliphatic carbocycles. The molecule has 1 aromatic heterocycles. The lowest BCUT2D eigenvalue weighted by Crippen LogP contribution is -2.21. The third-order valence-corrected chi connectivity index (χ3v) is 4.30. The van der Waals surface area contributed by atoms with Crippen LogP contribution in [0.2, 0.25) is 5.02 Å². The third kappa shape index (κ3) is 2.42. The van der Waals surface area contributed by atoms with E-state index in [1.807, 2.05) is 29.1 Å². The molecule has 1 aromatic carbocycles. The Hall–Kier alpha value is -1.50. The molecule has 5 nitrogen and oxygen atoms in total. The molecule has 1 aliphatic rings. The van der Waals surface area contributed by atoms with Crippen molar-refractivity contribution in [1.82, 2.24) is 14.9 Å². The molecule has 0 radical (unpaired) electrons. The van der Waals surface area contributed by atoms with Crippen LogP contribution in [-0.4, -0.2) is 21.4 Å². The Kier molecular flexibility index (Phi) is 3.69. The highest BCUT2D eigenvalue weighted by molar-refractivity contribution is 8.02. The Morgan fingerprint density at radius 3 is 3.00 bits per heavy atom. The zero-order valence-electron chi connectivity index (χ0n) is 10.9. The number of nitrogens with one attached hydrogen (secondary N) is 1. The Morgan fingerprint density at radius 2 is 2.25 bits per heavy atom. The quantitative estimate of drug-likeness (QED) is 0.911. The maximum Gasteiger partial charge on any atom is 0.214 e. The molecule has 3 N–H and O–H groups in total. The first kappa shape index (κ1) is 13.5. The summed E-state index contributed by atoms with van der Waals surface area (Å²) in [4.78, 5) is 0. The van der Waals surface area contributed by atoms with Gasteiger partial charge in [0, 0.05) is 22.4 Å². The van der Waals surface area contributed by atoms with Gasteiger partial charge in [-0.25, -0.2) is 4.68 Å². The first-order valence-electron chi connectivity index (χ1n) is 6.24. The van der Waals surface area contributed by atoms with E-state index in [-0.39, 0.29) is 0 Å². The number of fused-ring (bicyclic) bond motifs is 1. The van der Waals surface area contributed by atoms with E-state index < -0.39 is 0 Å². The predicted octanol–water partition coefficient (Wildman–Crippen LogP) is 2.39. The van der Waals surface area contributed by atoms with Gasteiger partial charge in [-0.3, -0.25) is 5.43 Å². The normalized spacial score (nSPS) is 13.7. The molecule has 7 heteroatoms. The highest BCUT2D eigenvalue weighted by Crippen LogP contribution is 2.29. The van der Waals surface area contributed by atoms with Crippen molar-refractivity contribution in [2.75, 3.05) is 12.0 Å². The molecule has 0 unspecified atom stereocenters. The van der Waals surface area contributed by atoms with Gasteiger partial charge in [0.15, 0.2) is 5.82 Å². The maximum absolute atomic E-state index is 6.07. The first-order chi connectivity index (χ1) is 9.69. The average molecular weight is 308 g/mol. The second kappa shape index (κ2) is 5.47. The number of nitrogens with zero attached hydrogens (tertiary/aromatic N) is 3. The van der Waals surface area contributed by atoms with Gasteiger partial charge in [0.2, 0.25) is 5.16 Å². The summed E-state index contributed by atoms with van der Waals surface area (Å²) in [6.45, 7) is 2.54. The van der Waals surface area contributed by atoms with Gasteiger partial charge in [0.05, 0.1) is 5.70 Å². The van der Waals surface area contributed by atoms with E-state index in [1.54, 1.807) is 0 Å². The third-order valence-electron chi connectivity index (χ3n) is 3.05. The van der Waals surface area contributed by atoms with Gasteiger partial charge in [-0.15, -0.1) is 10.2 Å². The summed E-state index contributed by atoms with van der Waals surface area (Å²) in [7, 11) is 0. The van der Waals surface area contributed by atoms with Gasteiger partial charge in [0.25, 0.3) is 0 Å². The van der Waals surface area contributed by atoms with E-state index in [4.69, 9.17) is 17.3 Å². The molecule has 104 valence electrons. The molecule has 0 saturated heterocycles. The molecule has 2 heterocycles. The Morgan fingerprint density at radius 1 is 1.40 bits per heavy atom. The van der Waals surface area contributed by atoms with Crippen LogP contribution in [0.1, 0.15) is 17.0 Å². The van der Waals surface area contributed by atoms with Crippen molar-refractivity contribution in [1.29, 1.82) is 0 Å². The van der Waals surface area contributed by atoms with Crippen LogP contribution >= 0.6 is 23.4 Å². The zero-order valence-corrected chi connectivity index (χ0v) is 12.5. The second-order valence-corrected chi connectivity index (χ2v) is 5.74. The summed E-state index contributed by atoms with van der Waals surface area (Å²) < 4.78 is 1.89. The summed E-state index contributed by atoms with van der Waals surface area (Å²) >= 11 is 7.60. The maximum atomic E-state index is 6.07. The lowest BCUT2D eigenvalue weighted by atomic mass is 10.1. The number of nitrogens with two attached hydrogens (primary N) is 1. The Bertz CT molecular complexity index is 679. The molecule has 0 amide bonds. The second-order valence-electron chi connectivity index (χ2n) is 4.50. The summed E-state index contributed by atoms with van der Waals surface area (Å²) in [6.07, 6.45) is 0.688.